The van der Waals surface area contributed by atoms with Gasteiger partial charge < -0.3 is 5.32 Å². The lowest BCUT2D eigenvalue weighted by Gasteiger charge is -2.38. The first kappa shape index (κ1) is 22.4. The van der Waals surface area contributed by atoms with Crippen molar-refractivity contribution in [2.24, 2.45) is 0 Å². The number of rotatable bonds is 1. The van der Waals surface area contributed by atoms with Crippen molar-refractivity contribution in [2.45, 2.75) is 5.41 Å². The summed E-state index contributed by atoms with van der Waals surface area (Å²) in [7, 11) is 0. The molecule has 5 aromatic carbocycles. The van der Waals surface area contributed by atoms with E-state index in [0.29, 0.717) is 27.9 Å². The Morgan fingerprint density at radius 1 is 0.538 bits per heavy atom. The van der Waals surface area contributed by atoms with E-state index in [1.54, 1.807) is 18.2 Å². The predicted octanol–water partition coefficient (Wildman–Crippen LogP) is 8.01. The van der Waals surface area contributed by atoms with Crippen LogP contribution in [0.15, 0.2) is 120 Å². The van der Waals surface area contributed by atoms with Gasteiger partial charge in [-0.15, -0.1) is 0 Å². The number of ketones is 2. The summed E-state index contributed by atoms with van der Waals surface area (Å²) < 4.78 is 0.990. The van der Waals surface area contributed by atoms with Crippen molar-refractivity contribution in [3.05, 3.63) is 164 Å². The van der Waals surface area contributed by atoms with Gasteiger partial charge in [-0.2, -0.15) is 0 Å². The SMILES string of the molecule is O=C1c2ccccc2C(=O)c2c1ccc1c2NC(c2ccc(Br)cc2)=CC12c1ccccc1-c1ccccc12. The van der Waals surface area contributed by atoms with Crippen LogP contribution < -0.4 is 5.32 Å². The molecule has 0 atom stereocenters. The number of halogens is 1. The monoisotopic (exact) mass is 565 g/mol. The highest BCUT2D eigenvalue weighted by molar-refractivity contribution is 9.10. The number of hydrogen-bond donors (Lipinski definition) is 1. The molecule has 8 rings (SSSR count). The van der Waals surface area contributed by atoms with E-state index in [4.69, 9.17) is 0 Å². The van der Waals surface area contributed by atoms with E-state index in [9.17, 15) is 9.59 Å². The summed E-state index contributed by atoms with van der Waals surface area (Å²) >= 11 is 3.55. The summed E-state index contributed by atoms with van der Waals surface area (Å²) in [6.45, 7) is 0. The van der Waals surface area contributed by atoms with Crippen LogP contribution >= 0.6 is 15.9 Å². The van der Waals surface area contributed by atoms with Gasteiger partial charge in [0.1, 0.15) is 0 Å². The Kier molecular flexibility index (Phi) is 4.59. The van der Waals surface area contributed by atoms with Crippen molar-refractivity contribution in [3.8, 4) is 11.1 Å². The lowest BCUT2D eigenvalue weighted by molar-refractivity contribution is 0.0979. The molecule has 3 aliphatic rings. The van der Waals surface area contributed by atoms with E-state index >= 15 is 0 Å². The maximum Gasteiger partial charge on any atom is 0.196 e. The van der Waals surface area contributed by atoms with Gasteiger partial charge in [0.15, 0.2) is 11.6 Å². The van der Waals surface area contributed by atoms with Gasteiger partial charge in [-0.25, -0.2) is 0 Å². The van der Waals surface area contributed by atoms with Crippen LogP contribution in [-0.4, -0.2) is 11.6 Å². The average molecular weight is 566 g/mol. The molecule has 4 heteroatoms. The summed E-state index contributed by atoms with van der Waals surface area (Å²) in [5.74, 6) is -0.248. The number of benzene rings is 5. The highest BCUT2D eigenvalue weighted by Gasteiger charge is 2.48. The van der Waals surface area contributed by atoms with Crippen molar-refractivity contribution >= 4 is 38.9 Å². The summed E-state index contributed by atoms with van der Waals surface area (Å²) in [6.07, 6.45) is 2.29. The van der Waals surface area contributed by atoms with Crippen molar-refractivity contribution < 1.29 is 9.59 Å². The molecule has 0 aromatic heterocycles. The number of carbonyl (C=O) groups excluding carboxylic acids is 2. The Bertz CT molecular complexity index is 1890. The van der Waals surface area contributed by atoms with Crippen LogP contribution in [0.3, 0.4) is 0 Å². The molecule has 0 unspecified atom stereocenters. The molecule has 0 amide bonds. The third-order valence-corrected chi connectivity index (χ3v) is 8.82. The third-order valence-electron chi connectivity index (χ3n) is 8.29. The lowest BCUT2D eigenvalue weighted by atomic mass is 9.67. The molecule has 0 bridgehead atoms. The van der Waals surface area contributed by atoms with Crippen LogP contribution in [0.1, 0.15) is 54.1 Å². The van der Waals surface area contributed by atoms with E-state index in [1.165, 1.54) is 22.3 Å². The van der Waals surface area contributed by atoms with Gasteiger partial charge in [0.25, 0.3) is 0 Å². The topological polar surface area (TPSA) is 46.2 Å². The second-order valence-corrected chi connectivity index (χ2v) is 11.1. The van der Waals surface area contributed by atoms with Crippen LogP contribution in [0, 0.1) is 0 Å². The normalized spacial score (nSPS) is 15.5. The first-order valence-electron chi connectivity index (χ1n) is 12.9. The number of fused-ring (bicyclic) bond motifs is 10. The molecule has 1 aliphatic heterocycles. The van der Waals surface area contributed by atoms with Crippen molar-refractivity contribution in [1.82, 2.24) is 0 Å². The van der Waals surface area contributed by atoms with Gasteiger partial charge >= 0.3 is 0 Å². The molecule has 2 aliphatic carbocycles. The molecule has 0 fully saturated rings. The molecule has 5 aromatic rings. The van der Waals surface area contributed by atoms with Gasteiger partial charge in [0.2, 0.25) is 0 Å². The molecular weight excluding hydrogens is 546 g/mol. The summed E-state index contributed by atoms with van der Waals surface area (Å²) in [5.41, 5.74) is 9.42. The Balaban J connectivity index is 1.49. The largest absolute Gasteiger partial charge is 0.354 e. The molecule has 1 N–H and O–H groups in total. The number of hydrogen-bond acceptors (Lipinski definition) is 3. The minimum Gasteiger partial charge on any atom is -0.354 e. The zero-order valence-corrected chi connectivity index (χ0v) is 22.3. The quantitative estimate of drug-likeness (QED) is 0.219. The summed E-state index contributed by atoms with van der Waals surface area (Å²) in [4.78, 5) is 27.7. The Hall–Kier alpha value is -4.54. The molecule has 3 nitrogen and oxygen atoms in total. The highest BCUT2D eigenvalue weighted by Crippen LogP contribution is 2.58. The summed E-state index contributed by atoms with van der Waals surface area (Å²) in [6, 6.07) is 36.1. The second-order valence-electron chi connectivity index (χ2n) is 10.2. The lowest BCUT2D eigenvalue weighted by Crippen LogP contribution is -2.33. The average Bonchev–Trinajstić information content (AvgIpc) is 3.26. The minimum absolute atomic E-state index is 0.120. The van der Waals surface area contributed by atoms with E-state index in [2.05, 4.69) is 88.0 Å². The fraction of sp³-hybridized carbons (Fsp3) is 0.0286. The molecule has 39 heavy (non-hydrogen) atoms. The fourth-order valence-electron chi connectivity index (χ4n) is 6.61. The Morgan fingerprint density at radius 2 is 1.10 bits per heavy atom. The Labute approximate surface area is 234 Å². The molecule has 0 saturated carbocycles. The molecular formula is C35H20BrNO2. The number of anilines is 1. The van der Waals surface area contributed by atoms with Crippen LogP contribution in [0.4, 0.5) is 5.69 Å². The molecule has 1 spiro atoms. The van der Waals surface area contributed by atoms with Gasteiger partial charge in [-0.1, -0.05) is 107 Å². The van der Waals surface area contributed by atoms with Crippen molar-refractivity contribution in [1.29, 1.82) is 0 Å². The Morgan fingerprint density at radius 3 is 1.74 bits per heavy atom. The van der Waals surface area contributed by atoms with E-state index in [1.807, 2.05) is 30.3 Å². The van der Waals surface area contributed by atoms with Crippen LogP contribution in [0.25, 0.3) is 16.8 Å². The first-order chi connectivity index (χ1) is 19.1. The zero-order chi connectivity index (χ0) is 26.3. The third kappa shape index (κ3) is 2.92. The zero-order valence-electron chi connectivity index (χ0n) is 20.7. The number of nitrogens with one attached hydrogen (secondary N) is 1. The summed E-state index contributed by atoms with van der Waals surface area (Å²) in [5, 5.41) is 3.63. The maximum absolute atomic E-state index is 14.1. The highest BCUT2D eigenvalue weighted by atomic mass is 79.9. The minimum atomic E-state index is -0.633. The smallest absolute Gasteiger partial charge is 0.196 e. The predicted molar refractivity (Wildman–Crippen MR) is 157 cm³/mol. The molecule has 1 heterocycles. The molecule has 0 saturated heterocycles. The van der Waals surface area contributed by atoms with Crippen LogP contribution in [-0.2, 0) is 5.41 Å². The second kappa shape index (κ2) is 7.98. The van der Waals surface area contributed by atoms with Gasteiger partial charge in [0, 0.05) is 26.9 Å². The molecule has 0 radical (unpaired) electrons. The van der Waals surface area contributed by atoms with Crippen molar-refractivity contribution in [3.63, 3.8) is 0 Å². The van der Waals surface area contributed by atoms with E-state index in [0.717, 1.165) is 21.3 Å². The van der Waals surface area contributed by atoms with Crippen LogP contribution in [0.2, 0.25) is 0 Å². The number of allylic oxidation sites excluding steroid dienone is 1. The first-order valence-corrected chi connectivity index (χ1v) is 13.7. The van der Waals surface area contributed by atoms with E-state index in [-0.39, 0.29) is 11.6 Å². The van der Waals surface area contributed by atoms with Gasteiger partial charge in [-0.3, -0.25) is 9.59 Å². The van der Waals surface area contributed by atoms with E-state index < -0.39 is 5.41 Å². The van der Waals surface area contributed by atoms with Crippen LogP contribution in [0.5, 0.6) is 0 Å². The fourth-order valence-corrected chi connectivity index (χ4v) is 6.87. The molecule has 184 valence electrons. The number of carbonyl (C=O) groups is 2. The standard InChI is InChI=1S/C35H20BrNO2/c36-21-15-13-20(14-16-21)30-19-35(27-11-5-3-7-22(27)23-8-4-6-12-28(23)35)29-18-17-26-31(32(29)37-30)34(39)25-10-2-1-9-24(25)33(26)38/h1-19,37H. The van der Waals surface area contributed by atoms with Crippen molar-refractivity contribution in [2.75, 3.05) is 5.32 Å². The maximum atomic E-state index is 14.1. The van der Waals surface area contributed by atoms with Gasteiger partial charge in [0.05, 0.1) is 16.7 Å². The van der Waals surface area contributed by atoms with Gasteiger partial charge in [-0.05, 0) is 57.7 Å².